The predicted octanol–water partition coefficient (Wildman–Crippen LogP) is 1.07. The molecule has 0 radical (unpaired) electrons. The summed E-state index contributed by atoms with van der Waals surface area (Å²) in [4.78, 5) is 39.4. The van der Waals surface area contributed by atoms with Crippen LogP contribution in [-0.4, -0.2) is 36.1 Å². The summed E-state index contributed by atoms with van der Waals surface area (Å²) in [6, 6.07) is 11.4. The molecule has 0 aromatic heterocycles. The molecule has 2 amide bonds. The first-order chi connectivity index (χ1) is 11.1. The molecule has 1 aliphatic carbocycles. The Labute approximate surface area is 132 Å². The van der Waals surface area contributed by atoms with Crippen LogP contribution in [0.1, 0.15) is 15.9 Å². The second kappa shape index (κ2) is 3.86. The van der Waals surface area contributed by atoms with Crippen molar-refractivity contribution in [3.05, 3.63) is 47.5 Å². The maximum atomic E-state index is 13.3. The smallest absolute Gasteiger partial charge is 0.235 e. The van der Waals surface area contributed by atoms with E-state index in [0.717, 1.165) is 16.3 Å². The molecule has 2 heterocycles. The Morgan fingerprint density at radius 3 is 2.61 bits per heavy atom. The molecule has 2 aromatic carbocycles. The number of benzene rings is 2. The number of rotatable bonds is 0. The standard InChI is InChI=1S/C18H14N2O3/c1-20-16(22)11-8-19-18(14(11)17(20)23)12-7-3-5-9-4-2-6-10(13(9)12)15(18)21/h2-7,11,14,19H,8H2,1H3/t11-,14+,18-/m1/s1. The highest BCUT2D eigenvalue weighted by Crippen LogP contribution is 2.52. The van der Waals surface area contributed by atoms with Crippen molar-refractivity contribution in [3.8, 4) is 0 Å². The summed E-state index contributed by atoms with van der Waals surface area (Å²) in [7, 11) is 1.50. The molecule has 0 saturated carbocycles. The van der Waals surface area contributed by atoms with Crippen molar-refractivity contribution in [1.82, 2.24) is 10.2 Å². The molecule has 3 atom stereocenters. The Hall–Kier alpha value is -2.53. The Morgan fingerprint density at radius 2 is 1.83 bits per heavy atom. The molecule has 5 nitrogen and oxygen atoms in total. The fraction of sp³-hybridized carbons (Fsp3) is 0.278. The number of ketones is 1. The fourth-order valence-electron chi connectivity index (χ4n) is 4.63. The van der Waals surface area contributed by atoms with E-state index in [0.29, 0.717) is 12.1 Å². The minimum atomic E-state index is -1.09. The van der Waals surface area contributed by atoms with E-state index in [2.05, 4.69) is 5.32 Å². The number of nitrogens with one attached hydrogen (secondary N) is 1. The van der Waals surface area contributed by atoms with Gasteiger partial charge in [-0.1, -0.05) is 36.4 Å². The van der Waals surface area contributed by atoms with E-state index >= 15 is 0 Å². The van der Waals surface area contributed by atoms with Crippen molar-refractivity contribution < 1.29 is 14.4 Å². The monoisotopic (exact) mass is 306 g/mol. The third-order valence-corrected chi connectivity index (χ3v) is 5.65. The highest BCUT2D eigenvalue weighted by molar-refractivity contribution is 6.23. The van der Waals surface area contributed by atoms with Crippen LogP contribution < -0.4 is 5.32 Å². The molecular formula is C18H14N2O3. The maximum absolute atomic E-state index is 13.3. The van der Waals surface area contributed by atoms with Crippen molar-refractivity contribution in [1.29, 1.82) is 0 Å². The first-order valence-corrected chi connectivity index (χ1v) is 7.71. The maximum Gasteiger partial charge on any atom is 0.235 e. The molecule has 0 unspecified atom stereocenters. The Bertz CT molecular complexity index is 930. The van der Waals surface area contributed by atoms with E-state index in [4.69, 9.17) is 0 Å². The average Bonchev–Trinajstić information content (AvgIpc) is 3.15. The van der Waals surface area contributed by atoms with Crippen LogP contribution in [-0.2, 0) is 15.1 Å². The van der Waals surface area contributed by atoms with Crippen LogP contribution in [0.3, 0.4) is 0 Å². The zero-order valence-corrected chi connectivity index (χ0v) is 12.5. The van der Waals surface area contributed by atoms with Crippen molar-refractivity contribution in [2.45, 2.75) is 5.54 Å². The van der Waals surface area contributed by atoms with Gasteiger partial charge in [-0.05, 0) is 16.3 Å². The second-order valence-electron chi connectivity index (χ2n) is 6.55. The van der Waals surface area contributed by atoms with Gasteiger partial charge in [0.25, 0.3) is 0 Å². The Kier molecular flexibility index (Phi) is 2.18. The van der Waals surface area contributed by atoms with Crippen molar-refractivity contribution in [2.24, 2.45) is 11.8 Å². The number of nitrogens with zero attached hydrogens (tertiary/aromatic N) is 1. The summed E-state index contributed by atoms with van der Waals surface area (Å²) in [5.74, 6) is -1.65. The largest absolute Gasteiger partial charge is 0.299 e. The Morgan fingerprint density at radius 1 is 1.09 bits per heavy atom. The molecule has 23 heavy (non-hydrogen) atoms. The van der Waals surface area contributed by atoms with Gasteiger partial charge >= 0.3 is 0 Å². The normalized spacial score (nSPS) is 31.7. The minimum Gasteiger partial charge on any atom is -0.299 e. The molecule has 2 saturated heterocycles. The summed E-state index contributed by atoms with van der Waals surface area (Å²) in [6.45, 7) is 0.357. The second-order valence-corrected chi connectivity index (χ2v) is 6.55. The third-order valence-electron chi connectivity index (χ3n) is 5.65. The fourth-order valence-corrected chi connectivity index (χ4v) is 4.63. The predicted molar refractivity (Wildman–Crippen MR) is 82.7 cm³/mol. The SMILES string of the molecule is CN1C(=O)[C@@H]2[C@@H](CN[C@@]23C(=O)c2cccc4cccc3c24)C1=O. The minimum absolute atomic E-state index is 0.0896. The zero-order valence-electron chi connectivity index (χ0n) is 12.5. The summed E-state index contributed by atoms with van der Waals surface area (Å²) < 4.78 is 0. The van der Waals surface area contributed by atoms with Crippen LogP contribution in [0.15, 0.2) is 36.4 Å². The topological polar surface area (TPSA) is 66.5 Å². The molecule has 0 bridgehead atoms. The number of hydrogen-bond donors (Lipinski definition) is 1. The number of amides is 2. The molecule has 114 valence electrons. The van der Waals surface area contributed by atoms with Crippen LogP contribution in [0.4, 0.5) is 0 Å². The number of likely N-dealkylation sites (tertiary alicyclic amines) is 1. The molecule has 2 aromatic rings. The van der Waals surface area contributed by atoms with Gasteiger partial charge in [-0.25, -0.2) is 0 Å². The first-order valence-electron chi connectivity index (χ1n) is 7.71. The van der Waals surface area contributed by atoms with E-state index < -0.39 is 17.4 Å². The number of carbonyl (C=O) groups excluding carboxylic acids is 3. The number of carbonyl (C=O) groups is 3. The Balaban J connectivity index is 1.83. The van der Waals surface area contributed by atoms with Crippen molar-refractivity contribution in [2.75, 3.05) is 13.6 Å². The van der Waals surface area contributed by atoms with E-state index in [9.17, 15) is 14.4 Å². The van der Waals surface area contributed by atoms with Crippen LogP contribution >= 0.6 is 0 Å². The summed E-state index contributed by atoms with van der Waals surface area (Å²) in [5, 5.41) is 5.15. The number of imide groups is 1. The van der Waals surface area contributed by atoms with E-state index in [-0.39, 0.29) is 17.6 Å². The van der Waals surface area contributed by atoms with Gasteiger partial charge in [-0.15, -0.1) is 0 Å². The van der Waals surface area contributed by atoms with E-state index in [1.54, 1.807) is 0 Å². The summed E-state index contributed by atoms with van der Waals surface area (Å²) in [6.07, 6.45) is 0. The molecule has 5 heteroatoms. The van der Waals surface area contributed by atoms with Crippen LogP contribution in [0.25, 0.3) is 10.8 Å². The molecule has 2 aliphatic heterocycles. The quantitative estimate of drug-likeness (QED) is 0.739. The number of hydrogen-bond acceptors (Lipinski definition) is 4. The number of Topliss-reactive ketones (excluding diaryl/α,β-unsaturated/α-hetero) is 1. The first kappa shape index (κ1) is 13.0. The zero-order chi connectivity index (χ0) is 15.9. The third kappa shape index (κ3) is 1.23. The van der Waals surface area contributed by atoms with E-state index in [1.165, 1.54) is 11.9 Å². The lowest BCUT2D eigenvalue weighted by atomic mass is 9.76. The van der Waals surface area contributed by atoms with Gasteiger partial charge in [0.05, 0.1) is 11.8 Å². The van der Waals surface area contributed by atoms with Crippen LogP contribution in [0, 0.1) is 11.8 Å². The van der Waals surface area contributed by atoms with Crippen LogP contribution in [0.5, 0.6) is 0 Å². The lowest BCUT2D eigenvalue weighted by molar-refractivity contribution is -0.139. The lowest BCUT2D eigenvalue weighted by Crippen LogP contribution is -2.50. The molecule has 1 N–H and O–H groups in total. The van der Waals surface area contributed by atoms with Gasteiger partial charge in [0, 0.05) is 19.2 Å². The van der Waals surface area contributed by atoms with Gasteiger partial charge < -0.3 is 0 Å². The lowest BCUT2D eigenvalue weighted by Gasteiger charge is -2.29. The summed E-state index contributed by atoms with van der Waals surface area (Å²) >= 11 is 0. The summed E-state index contributed by atoms with van der Waals surface area (Å²) in [5.41, 5.74) is 0.381. The highest BCUT2D eigenvalue weighted by Gasteiger charge is 2.66. The molecule has 2 fully saturated rings. The number of fused-ring (bicyclic) bond motifs is 3. The molecule has 1 spiro atoms. The van der Waals surface area contributed by atoms with Gasteiger partial charge in [0.2, 0.25) is 11.8 Å². The highest BCUT2D eigenvalue weighted by atomic mass is 16.2. The average molecular weight is 306 g/mol. The molecule has 3 aliphatic rings. The van der Waals surface area contributed by atoms with Gasteiger partial charge in [-0.2, -0.15) is 0 Å². The van der Waals surface area contributed by atoms with Crippen LogP contribution in [0.2, 0.25) is 0 Å². The van der Waals surface area contributed by atoms with Gasteiger partial charge in [0.15, 0.2) is 5.78 Å². The van der Waals surface area contributed by atoms with Crippen molar-refractivity contribution >= 4 is 28.4 Å². The molecule has 5 rings (SSSR count). The molecular weight excluding hydrogens is 292 g/mol. The van der Waals surface area contributed by atoms with Gasteiger partial charge in [-0.3, -0.25) is 24.6 Å². The van der Waals surface area contributed by atoms with E-state index in [1.807, 2.05) is 36.4 Å². The van der Waals surface area contributed by atoms with Gasteiger partial charge in [0.1, 0.15) is 5.54 Å². The van der Waals surface area contributed by atoms with Crippen molar-refractivity contribution in [3.63, 3.8) is 0 Å².